The number of nitrogens with one attached hydrogen (secondary N) is 2. The number of hydrogen-bond donors (Lipinski definition) is 2. The number of rotatable bonds is 7. The Hall–Kier alpha value is -1.34. The molecule has 0 aliphatic carbocycles. The number of likely N-dealkylation sites (tertiary alicyclic amines) is 1. The highest BCUT2D eigenvalue weighted by Crippen LogP contribution is 2.26. The van der Waals surface area contributed by atoms with Crippen LogP contribution in [0.3, 0.4) is 0 Å². The van der Waals surface area contributed by atoms with Crippen LogP contribution in [0, 0.1) is 0 Å². The lowest BCUT2D eigenvalue weighted by Gasteiger charge is -2.42. The van der Waals surface area contributed by atoms with Crippen LogP contribution in [0.2, 0.25) is 5.02 Å². The topological polar surface area (TPSA) is 52.1 Å². The maximum absolute atomic E-state index is 6.00. The van der Waals surface area contributed by atoms with Crippen LogP contribution in [-0.4, -0.2) is 80.8 Å². The van der Waals surface area contributed by atoms with Crippen molar-refractivity contribution in [2.75, 3.05) is 53.5 Å². The van der Waals surface area contributed by atoms with Crippen molar-refractivity contribution in [1.29, 1.82) is 0 Å². The van der Waals surface area contributed by atoms with E-state index in [0.29, 0.717) is 6.04 Å². The SMILES string of the molecule is CCNC(=NCC1(N(C)C)CCOCC1)NC1CCN(Cc2ccc(Cl)cc2)CC1. The molecule has 2 fully saturated rings. The molecule has 1 aromatic carbocycles. The summed E-state index contributed by atoms with van der Waals surface area (Å²) in [4.78, 5) is 9.84. The molecule has 168 valence electrons. The number of nitrogens with zero attached hydrogens (tertiary/aromatic N) is 3. The van der Waals surface area contributed by atoms with Crippen LogP contribution < -0.4 is 10.6 Å². The first-order chi connectivity index (χ1) is 14.5. The predicted molar refractivity (Wildman–Crippen MR) is 125 cm³/mol. The summed E-state index contributed by atoms with van der Waals surface area (Å²) in [5, 5.41) is 7.93. The number of guanidine groups is 1. The van der Waals surface area contributed by atoms with Crippen LogP contribution in [0.15, 0.2) is 29.3 Å². The maximum Gasteiger partial charge on any atom is 0.191 e. The van der Waals surface area contributed by atoms with E-state index < -0.39 is 0 Å². The molecule has 0 aromatic heterocycles. The van der Waals surface area contributed by atoms with E-state index >= 15 is 0 Å². The molecule has 2 aliphatic heterocycles. The van der Waals surface area contributed by atoms with Gasteiger partial charge in [-0.05, 0) is 64.4 Å². The first-order valence-electron chi connectivity index (χ1n) is 11.3. The monoisotopic (exact) mass is 435 g/mol. The first kappa shape index (κ1) is 23.3. The minimum atomic E-state index is 0.0997. The van der Waals surface area contributed by atoms with Gasteiger partial charge in [0.25, 0.3) is 0 Å². The molecule has 7 heteroatoms. The Labute approximate surface area is 187 Å². The number of halogens is 1. The van der Waals surface area contributed by atoms with Gasteiger partial charge in [-0.25, -0.2) is 0 Å². The molecule has 1 aromatic rings. The molecule has 30 heavy (non-hydrogen) atoms. The minimum Gasteiger partial charge on any atom is -0.381 e. The molecule has 0 spiro atoms. The smallest absolute Gasteiger partial charge is 0.191 e. The summed E-state index contributed by atoms with van der Waals surface area (Å²) >= 11 is 6.00. The zero-order chi connectivity index (χ0) is 21.4. The lowest BCUT2D eigenvalue weighted by Crippen LogP contribution is -2.52. The van der Waals surface area contributed by atoms with E-state index in [-0.39, 0.29) is 5.54 Å². The molecule has 0 bridgehead atoms. The van der Waals surface area contributed by atoms with E-state index in [1.165, 1.54) is 5.56 Å². The molecule has 2 aliphatic rings. The van der Waals surface area contributed by atoms with Gasteiger partial charge < -0.3 is 20.3 Å². The van der Waals surface area contributed by atoms with Crippen LogP contribution in [0.1, 0.15) is 38.2 Å². The average molecular weight is 436 g/mol. The predicted octanol–water partition coefficient (Wildman–Crippen LogP) is 2.97. The lowest BCUT2D eigenvalue weighted by molar-refractivity contribution is -0.00256. The number of likely N-dealkylation sites (N-methyl/N-ethyl adjacent to an activating group) is 1. The van der Waals surface area contributed by atoms with Crippen LogP contribution in [-0.2, 0) is 11.3 Å². The lowest BCUT2D eigenvalue weighted by atomic mass is 9.89. The average Bonchev–Trinajstić information content (AvgIpc) is 2.76. The van der Waals surface area contributed by atoms with E-state index in [2.05, 4.69) is 53.6 Å². The van der Waals surface area contributed by atoms with Crippen molar-refractivity contribution in [2.45, 2.75) is 50.7 Å². The van der Waals surface area contributed by atoms with E-state index in [4.69, 9.17) is 21.3 Å². The van der Waals surface area contributed by atoms with Gasteiger partial charge in [0.2, 0.25) is 0 Å². The Bertz CT molecular complexity index is 665. The van der Waals surface area contributed by atoms with E-state index in [9.17, 15) is 0 Å². The number of hydrogen-bond acceptors (Lipinski definition) is 4. The molecule has 2 saturated heterocycles. The van der Waals surface area contributed by atoms with Crippen LogP contribution >= 0.6 is 11.6 Å². The highest BCUT2D eigenvalue weighted by molar-refractivity contribution is 6.30. The fourth-order valence-corrected chi connectivity index (χ4v) is 4.45. The van der Waals surface area contributed by atoms with Crippen molar-refractivity contribution in [3.63, 3.8) is 0 Å². The Balaban J connectivity index is 1.51. The van der Waals surface area contributed by atoms with Gasteiger partial charge in [-0.2, -0.15) is 0 Å². The molecule has 2 N–H and O–H groups in total. The molecule has 6 nitrogen and oxygen atoms in total. The second-order valence-corrected chi connectivity index (χ2v) is 9.18. The van der Waals surface area contributed by atoms with Crippen molar-refractivity contribution in [1.82, 2.24) is 20.4 Å². The minimum absolute atomic E-state index is 0.0997. The fourth-order valence-electron chi connectivity index (χ4n) is 4.32. The summed E-state index contributed by atoms with van der Waals surface area (Å²) in [5.74, 6) is 0.946. The van der Waals surface area contributed by atoms with Gasteiger partial charge in [-0.3, -0.25) is 9.89 Å². The van der Waals surface area contributed by atoms with Gasteiger partial charge >= 0.3 is 0 Å². The molecular weight excluding hydrogens is 398 g/mol. The van der Waals surface area contributed by atoms with Gasteiger partial charge in [0.1, 0.15) is 0 Å². The summed E-state index contributed by atoms with van der Waals surface area (Å²) in [6.07, 6.45) is 4.33. The highest BCUT2D eigenvalue weighted by atomic mass is 35.5. The zero-order valence-corrected chi connectivity index (χ0v) is 19.5. The highest BCUT2D eigenvalue weighted by Gasteiger charge is 2.34. The molecular formula is C23H38ClN5O. The van der Waals surface area contributed by atoms with Gasteiger partial charge in [0.15, 0.2) is 5.96 Å². The Morgan fingerprint density at radius 1 is 1.20 bits per heavy atom. The Morgan fingerprint density at radius 2 is 1.87 bits per heavy atom. The quantitative estimate of drug-likeness (QED) is 0.509. The molecule has 0 amide bonds. The summed E-state index contributed by atoms with van der Waals surface area (Å²) in [6.45, 7) is 8.63. The van der Waals surface area contributed by atoms with Crippen molar-refractivity contribution in [3.05, 3.63) is 34.9 Å². The van der Waals surface area contributed by atoms with Gasteiger partial charge in [0, 0.05) is 56.0 Å². The largest absolute Gasteiger partial charge is 0.381 e. The van der Waals surface area contributed by atoms with Crippen molar-refractivity contribution in [2.24, 2.45) is 4.99 Å². The number of ether oxygens (including phenoxy) is 1. The molecule has 0 unspecified atom stereocenters. The van der Waals surface area contributed by atoms with Crippen molar-refractivity contribution in [3.8, 4) is 0 Å². The van der Waals surface area contributed by atoms with Crippen LogP contribution in [0.25, 0.3) is 0 Å². The third-order valence-corrected chi connectivity index (χ3v) is 6.75. The normalized spacial score (nSPS) is 21.0. The maximum atomic E-state index is 6.00. The van der Waals surface area contributed by atoms with Gasteiger partial charge in [-0.1, -0.05) is 23.7 Å². The second-order valence-electron chi connectivity index (χ2n) is 8.75. The number of piperidine rings is 1. The molecule has 2 heterocycles. The zero-order valence-electron chi connectivity index (χ0n) is 18.8. The summed E-state index contributed by atoms with van der Waals surface area (Å²) in [6, 6.07) is 8.67. The van der Waals surface area contributed by atoms with Crippen molar-refractivity contribution < 1.29 is 4.74 Å². The van der Waals surface area contributed by atoms with Crippen molar-refractivity contribution >= 4 is 17.6 Å². The van der Waals surface area contributed by atoms with Gasteiger partial charge in [-0.15, -0.1) is 0 Å². The molecule has 0 radical (unpaired) electrons. The van der Waals surface area contributed by atoms with E-state index in [1.54, 1.807) is 0 Å². The molecule has 0 atom stereocenters. The number of aliphatic imine (C=N–C) groups is 1. The first-order valence-corrected chi connectivity index (χ1v) is 11.7. The molecule has 3 rings (SSSR count). The van der Waals surface area contributed by atoms with Crippen LogP contribution in [0.5, 0.6) is 0 Å². The summed E-state index contributed by atoms with van der Waals surface area (Å²) in [5.41, 5.74) is 1.42. The molecule has 0 saturated carbocycles. The van der Waals surface area contributed by atoms with E-state index in [0.717, 1.165) is 82.6 Å². The van der Waals surface area contributed by atoms with E-state index in [1.807, 2.05) is 12.1 Å². The fraction of sp³-hybridized carbons (Fsp3) is 0.696. The Kier molecular flexibility index (Phi) is 8.81. The summed E-state index contributed by atoms with van der Waals surface area (Å²) in [7, 11) is 4.33. The van der Waals surface area contributed by atoms with Gasteiger partial charge in [0.05, 0.1) is 6.54 Å². The number of benzene rings is 1. The van der Waals surface area contributed by atoms with Crippen LogP contribution in [0.4, 0.5) is 0 Å². The summed E-state index contributed by atoms with van der Waals surface area (Å²) < 4.78 is 5.59. The standard InChI is InChI=1S/C23H38ClN5O/c1-4-25-22(26-18-23(28(2)3)11-15-30-16-12-23)27-21-9-13-29(14-10-21)17-19-5-7-20(24)8-6-19/h5-8,21H,4,9-18H2,1-3H3,(H2,25,26,27). The third kappa shape index (κ3) is 6.58. The third-order valence-electron chi connectivity index (χ3n) is 6.50. The Morgan fingerprint density at radius 3 is 2.47 bits per heavy atom. The second kappa shape index (κ2) is 11.3.